The first kappa shape index (κ1) is 29.6. The largest absolute Gasteiger partial charge is 0.504 e. The Balaban J connectivity index is 0.000000677. The SMILES string of the molecule is CCCCCCCCCCCCCCCCCC(N)=O.O=C(O)c1cc(O)c(O)c(O)c1. The van der Waals surface area contributed by atoms with Crippen LogP contribution in [0.3, 0.4) is 0 Å². The highest BCUT2D eigenvalue weighted by Crippen LogP contribution is 2.35. The summed E-state index contributed by atoms with van der Waals surface area (Å²) in [5.74, 6) is -3.49. The van der Waals surface area contributed by atoms with Crippen molar-refractivity contribution in [3.63, 3.8) is 0 Å². The summed E-state index contributed by atoms with van der Waals surface area (Å²) in [5.41, 5.74) is 4.82. The quantitative estimate of drug-likeness (QED) is 0.140. The van der Waals surface area contributed by atoms with Crippen molar-refractivity contribution >= 4 is 11.9 Å². The molecule has 0 heterocycles. The molecule has 0 saturated carbocycles. The predicted molar refractivity (Wildman–Crippen MR) is 127 cm³/mol. The molecule has 1 aromatic rings. The Morgan fingerprint density at radius 3 is 1.34 bits per heavy atom. The zero-order valence-corrected chi connectivity index (χ0v) is 19.7. The van der Waals surface area contributed by atoms with Gasteiger partial charge in [-0.2, -0.15) is 0 Å². The molecule has 7 heteroatoms. The van der Waals surface area contributed by atoms with Crippen LogP contribution in [0.1, 0.15) is 120 Å². The van der Waals surface area contributed by atoms with Crippen LogP contribution in [-0.2, 0) is 4.79 Å². The van der Waals surface area contributed by atoms with Crippen LogP contribution >= 0.6 is 0 Å². The molecule has 7 nitrogen and oxygen atoms in total. The maximum atomic E-state index is 10.6. The number of rotatable bonds is 17. The number of carbonyl (C=O) groups is 2. The van der Waals surface area contributed by atoms with Crippen molar-refractivity contribution in [1.29, 1.82) is 0 Å². The summed E-state index contributed by atoms with van der Waals surface area (Å²) >= 11 is 0. The first-order chi connectivity index (χ1) is 15.3. The topological polar surface area (TPSA) is 141 Å². The zero-order valence-electron chi connectivity index (χ0n) is 19.7. The van der Waals surface area contributed by atoms with Crippen molar-refractivity contribution < 1.29 is 30.0 Å². The fourth-order valence-corrected chi connectivity index (χ4v) is 3.40. The maximum absolute atomic E-state index is 10.6. The molecule has 0 spiro atoms. The summed E-state index contributed by atoms with van der Waals surface area (Å²) in [5, 5.41) is 35.0. The van der Waals surface area contributed by atoms with E-state index in [0.717, 1.165) is 18.6 Å². The molecule has 6 N–H and O–H groups in total. The Morgan fingerprint density at radius 1 is 0.688 bits per heavy atom. The average molecular weight is 454 g/mol. The number of benzene rings is 1. The third-order valence-electron chi connectivity index (χ3n) is 5.34. The number of phenols is 3. The smallest absolute Gasteiger partial charge is 0.335 e. The molecule has 0 saturated heterocycles. The molecule has 32 heavy (non-hydrogen) atoms. The van der Waals surface area contributed by atoms with Crippen molar-refractivity contribution in [2.24, 2.45) is 5.73 Å². The van der Waals surface area contributed by atoms with Crippen LogP contribution in [0.15, 0.2) is 12.1 Å². The van der Waals surface area contributed by atoms with E-state index < -0.39 is 23.2 Å². The lowest BCUT2D eigenvalue weighted by molar-refractivity contribution is -0.118. The first-order valence-electron chi connectivity index (χ1n) is 12.1. The van der Waals surface area contributed by atoms with Crippen LogP contribution < -0.4 is 5.73 Å². The molecule has 0 aromatic heterocycles. The minimum absolute atomic E-state index is 0.153. The molecular weight excluding hydrogens is 410 g/mol. The van der Waals surface area contributed by atoms with E-state index in [4.69, 9.17) is 26.2 Å². The Hall–Kier alpha value is -2.44. The molecule has 0 fully saturated rings. The highest BCUT2D eigenvalue weighted by molar-refractivity contribution is 5.89. The number of aromatic hydroxyl groups is 3. The van der Waals surface area contributed by atoms with Gasteiger partial charge in [-0.05, 0) is 18.6 Å². The number of hydrogen-bond acceptors (Lipinski definition) is 5. The fourth-order valence-electron chi connectivity index (χ4n) is 3.40. The van der Waals surface area contributed by atoms with E-state index in [1.54, 1.807) is 0 Å². The second kappa shape index (κ2) is 19.3. The van der Waals surface area contributed by atoms with Gasteiger partial charge in [-0.15, -0.1) is 0 Å². The number of phenolic OH excluding ortho intramolecular Hbond substituents is 3. The summed E-state index contributed by atoms with van der Waals surface area (Å²) in [6, 6.07) is 1.69. The van der Waals surface area contributed by atoms with Crippen molar-refractivity contribution in [3.05, 3.63) is 17.7 Å². The number of hydrogen-bond donors (Lipinski definition) is 5. The summed E-state index contributed by atoms with van der Waals surface area (Å²) in [7, 11) is 0. The highest BCUT2D eigenvalue weighted by Gasteiger charge is 2.11. The molecule has 0 aliphatic carbocycles. The minimum Gasteiger partial charge on any atom is -0.504 e. The van der Waals surface area contributed by atoms with Crippen molar-refractivity contribution in [1.82, 2.24) is 0 Å². The van der Waals surface area contributed by atoms with E-state index in [1.807, 2.05) is 0 Å². The molecular formula is C25H43NO6. The lowest BCUT2D eigenvalue weighted by atomic mass is 10.0. The number of carbonyl (C=O) groups excluding carboxylic acids is 1. The van der Waals surface area contributed by atoms with Crippen molar-refractivity contribution in [3.8, 4) is 17.2 Å². The normalized spacial score (nSPS) is 10.4. The van der Waals surface area contributed by atoms with Gasteiger partial charge < -0.3 is 26.2 Å². The second-order valence-corrected chi connectivity index (χ2v) is 8.33. The molecule has 0 aliphatic heterocycles. The average Bonchev–Trinajstić information content (AvgIpc) is 2.74. The maximum Gasteiger partial charge on any atom is 0.335 e. The molecule has 0 aliphatic rings. The van der Waals surface area contributed by atoms with Gasteiger partial charge >= 0.3 is 5.97 Å². The van der Waals surface area contributed by atoms with Gasteiger partial charge in [0.15, 0.2) is 17.2 Å². The number of unbranched alkanes of at least 4 members (excludes halogenated alkanes) is 14. The van der Waals surface area contributed by atoms with Crippen molar-refractivity contribution in [2.75, 3.05) is 0 Å². The van der Waals surface area contributed by atoms with Crippen LogP contribution in [0, 0.1) is 0 Å². The molecule has 0 radical (unpaired) electrons. The standard InChI is InChI=1S/C18H37NO.C7H6O5/c1-2-3-4-5-6-7-8-9-10-11-12-13-14-15-16-17-18(19)20;8-4-1-3(7(11)12)2-5(9)6(4)10/h2-17H2,1H3,(H2,19,20);1-2,8-10H,(H,11,12). The Kier molecular flexibility index (Phi) is 17.8. The van der Waals surface area contributed by atoms with Gasteiger partial charge in [0.1, 0.15) is 0 Å². The lowest BCUT2D eigenvalue weighted by Gasteiger charge is -2.03. The summed E-state index contributed by atoms with van der Waals surface area (Å²) < 4.78 is 0. The Bertz CT molecular complexity index is 624. The highest BCUT2D eigenvalue weighted by atomic mass is 16.4. The van der Waals surface area contributed by atoms with E-state index in [-0.39, 0.29) is 11.5 Å². The number of aromatic carboxylic acids is 1. The van der Waals surface area contributed by atoms with Crippen LogP contribution in [0.2, 0.25) is 0 Å². The van der Waals surface area contributed by atoms with Gasteiger partial charge in [0, 0.05) is 6.42 Å². The number of amides is 1. The zero-order chi connectivity index (χ0) is 24.2. The lowest BCUT2D eigenvalue weighted by Crippen LogP contribution is -2.09. The van der Waals surface area contributed by atoms with Crippen LogP contribution in [-0.4, -0.2) is 32.3 Å². The molecule has 1 amide bonds. The molecule has 0 unspecified atom stereocenters. The monoisotopic (exact) mass is 453 g/mol. The second-order valence-electron chi connectivity index (χ2n) is 8.33. The van der Waals surface area contributed by atoms with Crippen LogP contribution in [0.25, 0.3) is 0 Å². The van der Waals surface area contributed by atoms with Crippen LogP contribution in [0.5, 0.6) is 17.2 Å². The minimum atomic E-state index is -1.29. The summed E-state index contributed by atoms with van der Waals surface area (Å²) in [6.07, 6.45) is 20.9. The number of carboxylic acids is 1. The van der Waals surface area contributed by atoms with Crippen molar-refractivity contribution in [2.45, 2.75) is 110 Å². The molecule has 184 valence electrons. The van der Waals surface area contributed by atoms with Gasteiger partial charge in [-0.25, -0.2) is 4.79 Å². The molecule has 0 bridgehead atoms. The van der Waals surface area contributed by atoms with Gasteiger partial charge in [0.25, 0.3) is 0 Å². The van der Waals surface area contributed by atoms with Gasteiger partial charge in [-0.1, -0.05) is 96.8 Å². The van der Waals surface area contributed by atoms with E-state index in [2.05, 4.69) is 6.92 Å². The van der Waals surface area contributed by atoms with E-state index in [1.165, 1.54) is 89.9 Å². The van der Waals surface area contributed by atoms with E-state index in [9.17, 15) is 9.59 Å². The first-order valence-corrected chi connectivity index (χ1v) is 12.1. The molecule has 1 rings (SSSR count). The Labute approximate surface area is 192 Å². The number of nitrogens with two attached hydrogens (primary N) is 1. The number of primary amides is 1. The summed E-state index contributed by atoms with van der Waals surface area (Å²) in [6.45, 7) is 2.28. The third kappa shape index (κ3) is 16.3. The van der Waals surface area contributed by atoms with Gasteiger partial charge in [-0.3, -0.25) is 4.79 Å². The van der Waals surface area contributed by atoms with E-state index in [0.29, 0.717) is 6.42 Å². The molecule has 1 aromatic carbocycles. The van der Waals surface area contributed by atoms with Gasteiger partial charge in [0.05, 0.1) is 5.56 Å². The van der Waals surface area contributed by atoms with Crippen LogP contribution in [0.4, 0.5) is 0 Å². The fraction of sp³-hybridized carbons (Fsp3) is 0.680. The van der Waals surface area contributed by atoms with E-state index >= 15 is 0 Å². The van der Waals surface area contributed by atoms with Gasteiger partial charge in [0.2, 0.25) is 5.91 Å². The third-order valence-corrected chi connectivity index (χ3v) is 5.34. The summed E-state index contributed by atoms with van der Waals surface area (Å²) in [4.78, 5) is 20.9. The number of carboxylic acid groups (broad SMARTS) is 1. The Morgan fingerprint density at radius 2 is 1.03 bits per heavy atom. The molecule has 0 atom stereocenters. The predicted octanol–water partition coefficient (Wildman–Crippen LogP) is 6.23.